The predicted octanol–water partition coefficient (Wildman–Crippen LogP) is 3.39. The van der Waals surface area contributed by atoms with Crippen molar-refractivity contribution in [3.05, 3.63) is 71.0 Å². The molecule has 1 atom stereocenters. The average molecular weight is 322 g/mol. The van der Waals surface area contributed by atoms with E-state index in [4.69, 9.17) is 4.74 Å². The lowest BCUT2D eigenvalue weighted by Crippen LogP contribution is -2.51. The van der Waals surface area contributed by atoms with Crippen molar-refractivity contribution in [2.75, 3.05) is 0 Å². The van der Waals surface area contributed by atoms with E-state index in [0.717, 1.165) is 5.56 Å². The Balaban J connectivity index is 1.86. The van der Waals surface area contributed by atoms with E-state index in [2.05, 4.69) is 10.3 Å². The van der Waals surface area contributed by atoms with Crippen LogP contribution in [-0.2, 0) is 10.5 Å². The van der Waals surface area contributed by atoms with Crippen molar-refractivity contribution in [1.29, 1.82) is 0 Å². The Bertz CT molecular complexity index is 904. The molecule has 2 aliphatic rings. The van der Waals surface area contributed by atoms with E-state index in [-0.39, 0.29) is 17.6 Å². The molecule has 24 heavy (non-hydrogen) atoms. The van der Waals surface area contributed by atoms with Crippen LogP contribution in [0.15, 0.2) is 59.1 Å². The smallest absolute Gasteiger partial charge is 0.258 e. The number of amides is 1. The van der Waals surface area contributed by atoms with Gasteiger partial charge in [0.25, 0.3) is 5.91 Å². The van der Waals surface area contributed by atoms with Crippen molar-refractivity contribution in [3.8, 4) is 5.75 Å². The molecule has 5 heteroatoms. The summed E-state index contributed by atoms with van der Waals surface area (Å²) in [4.78, 5) is 17.3. The summed E-state index contributed by atoms with van der Waals surface area (Å²) in [6.45, 7) is 1.89. The molecule has 0 radical (unpaired) electrons. The second kappa shape index (κ2) is 5.30. The van der Waals surface area contributed by atoms with Crippen molar-refractivity contribution in [3.63, 3.8) is 0 Å². The molecule has 1 unspecified atom stereocenters. The van der Waals surface area contributed by atoms with Gasteiger partial charge in [-0.1, -0.05) is 37.3 Å². The van der Waals surface area contributed by atoms with Gasteiger partial charge in [0.15, 0.2) is 5.66 Å². The quantitative estimate of drug-likeness (QED) is 0.921. The summed E-state index contributed by atoms with van der Waals surface area (Å²) < 4.78 is 19.5. The standard InChI is InChI=1S/C19H15FN2O2/c1-2-19(13-7-5-8-14(20)11-13)21-17(23)15-10-12-6-3-4-9-16(12)24-18(15)22-19/h3-11H,2H2,1H3,(H,21,23). The van der Waals surface area contributed by atoms with Crippen molar-refractivity contribution >= 4 is 17.9 Å². The number of carbonyl (C=O) groups is 1. The second-order valence-electron chi connectivity index (χ2n) is 5.79. The third-order valence-corrected chi connectivity index (χ3v) is 4.33. The largest absolute Gasteiger partial charge is 0.438 e. The van der Waals surface area contributed by atoms with Crippen molar-refractivity contribution in [2.45, 2.75) is 19.0 Å². The molecule has 0 bridgehead atoms. The number of para-hydroxylation sites is 1. The van der Waals surface area contributed by atoms with Crippen LogP contribution in [0.5, 0.6) is 5.75 Å². The van der Waals surface area contributed by atoms with Gasteiger partial charge in [-0.2, -0.15) is 0 Å². The molecule has 2 aromatic carbocycles. The number of nitrogens with zero attached hydrogens (tertiary/aromatic N) is 1. The topological polar surface area (TPSA) is 50.7 Å². The lowest BCUT2D eigenvalue weighted by molar-refractivity contribution is -0.119. The molecule has 120 valence electrons. The van der Waals surface area contributed by atoms with Crippen molar-refractivity contribution in [1.82, 2.24) is 5.32 Å². The number of fused-ring (bicyclic) bond motifs is 2. The number of aliphatic imine (C=N–C) groups is 1. The zero-order chi connectivity index (χ0) is 16.7. The van der Waals surface area contributed by atoms with Crippen LogP contribution >= 0.6 is 0 Å². The normalized spacial score (nSPS) is 21.7. The highest BCUT2D eigenvalue weighted by Gasteiger charge is 2.41. The van der Waals surface area contributed by atoms with Gasteiger partial charge in [-0.15, -0.1) is 0 Å². The second-order valence-corrected chi connectivity index (χ2v) is 5.79. The van der Waals surface area contributed by atoms with Crippen LogP contribution in [0.4, 0.5) is 4.39 Å². The fraction of sp³-hybridized carbons (Fsp3) is 0.158. The summed E-state index contributed by atoms with van der Waals surface area (Å²) in [5.74, 6) is 0.272. The molecule has 4 rings (SSSR count). The van der Waals surface area contributed by atoms with Gasteiger partial charge in [0.2, 0.25) is 5.90 Å². The predicted molar refractivity (Wildman–Crippen MR) is 89.0 cm³/mol. The van der Waals surface area contributed by atoms with E-state index in [1.54, 1.807) is 18.2 Å². The Morgan fingerprint density at radius 1 is 1.21 bits per heavy atom. The number of halogens is 1. The Kier molecular flexibility index (Phi) is 3.23. The van der Waals surface area contributed by atoms with Crippen LogP contribution < -0.4 is 10.1 Å². The minimum Gasteiger partial charge on any atom is -0.438 e. The molecule has 2 aliphatic heterocycles. The monoisotopic (exact) mass is 322 g/mol. The molecular formula is C19H15FN2O2. The number of benzene rings is 2. The molecule has 1 N–H and O–H groups in total. The van der Waals surface area contributed by atoms with Gasteiger partial charge in [-0.3, -0.25) is 4.79 Å². The van der Waals surface area contributed by atoms with Gasteiger partial charge in [0.1, 0.15) is 17.1 Å². The number of ether oxygens (including phenoxy) is 1. The lowest BCUT2D eigenvalue weighted by Gasteiger charge is -2.36. The van der Waals surface area contributed by atoms with Crippen LogP contribution in [0.2, 0.25) is 0 Å². The zero-order valence-corrected chi connectivity index (χ0v) is 13.0. The molecule has 0 aromatic heterocycles. The first kappa shape index (κ1) is 14.6. The summed E-state index contributed by atoms with van der Waals surface area (Å²) in [6.07, 6.45) is 2.24. The molecule has 0 spiro atoms. The number of nitrogens with one attached hydrogen (secondary N) is 1. The fourth-order valence-corrected chi connectivity index (χ4v) is 3.03. The molecule has 0 saturated carbocycles. The molecule has 1 amide bonds. The van der Waals surface area contributed by atoms with Crippen molar-refractivity contribution < 1.29 is 13.9 Å². The summed E-state index contributed by atoms with van der Waals surface area (Å²) in [7, 11) is 0. The Labute approximate surface area is 138 Å². The Morgan fingerprint density at radius 2 is 2.04 bits per heavy atom. The van der Waals surface area contributed by atoms with Crippen LogP contribution in [0, 0.1) is 5.82 Å². The first-order valence-corrected chi connectivity index (χ1v) is 7.79. The molecule has 0 fully saturated rings. The highest BCUT2D eigenvalue weighted by molar-refractivity contribution is 6.25. The van der Waals surface area contributed by atoms with E-state index in [1.807, 2.05) is 31.2 Å². The number of hydrogen-bond donors (Lipinski definition) is 1. The first-order valence-electron chi connectivity index (χ1n) is 7.79. The summed E-state index contributed by atoms with van der Waals surface area (Å²) in [6, 6.07) is 13.6. The number of hydrogen-bond acceptors (Lipinski definition) is 3. The fourth-order valence-electron chi connectivity index (χ4n) is 3.03. The molecule has 2 heterocycles. The van der Waals surface area contributed by atoms with Gasteiger partial charge in [-0.05, 0) is 30.7 Å². The maximum Gasteiger partial charge on any atom is 0.258 e. The highest BCUT2D eigenvalue weighted by Crippen LogP contribution is 2.35. The van der Waals surface area contributed by atoms with Crippen LogP contribution in [0.1, 0.15) is 24.5 Å². The Morgan fingerprint density at radius 3 is 2.83 bits per heavy atom. The van der Waals surface area contributed by atoms with Gasteiger partial charge >= 0.3 is 0 Å². The molecule has 2 aromatic rings. The van der Waals surface area contributed by atoms with Gasteiger partial charge in [0, 0.05) is 11.1 Å². The maximum atomic E-state index is 13.7. The van der Waals surface area contributed by atoms with Crippen molar-refractivity contribution in [2.24, 2.45) is 4.99 Å². The Hall–Kier alpha value is -2.95. The van der Waals surface area contributed by atoms with E-state index >= 15 is 0 Å². The van der Waals surface area contributed by atoms with E-state index in [1.165, 1.54) is 12.1 Å². The zero-order valence-electron chi connectivity index (χ0n) is 13.0. The van der Waals surface area contributed by atoms with E-state index in [9.17, 15) is 9.18 Å². The SMILES string of the molecule is CCC1(c2cccc(F)c2)N=C2Oc3ccccc3C=C2C(=O)N1. The van der Waals surface area contributed by atoms with Gasteiger partial charge in [-0.25, -0.2) is 9.38 Å². The molecule has 4 nitrogen and oxygen atoms in total. The lowest BCUT2D eigenvalue weighted by atomic mass is 9.93. The third kappa shape index (κ3) is 2.21. The summed E-state index contributed by atoms with van der Waals surface area (Å²) >= 11 is 0. The highest BCUT2D eigenvalue weighted by atomic mass is 19.1. The summed E-state index contributed by atoms with van der Waals surface area (Å²) in [5.41, 5.74) is 0.774. The minimum atomic E-state index is -1.03. The first-order chi connectivity index (χ1) is 11.6. The van der Waals surface area contributed by atoms with Crippen LogP contribution in [0.25, 0.3) is 6.08 Å². The molecular weight excluding hydrogens is 307 g/mol. The van der Waals surface area contributed by atoms with E-state index in [0.29, 0.717) is 23.3 Å². The average Bonchev–Trinajstić information content (AvgIpc) is 2.60. The number of carbonyl (C=O) groups excluding carboxylic acids is 1. The molecule has 0 aliphatic carbocycles. The molecule has 0 saturated heterocycles. The van der Waals surface area contributed by atoms with Crippen LogP contribution in [0.3, 0.4) is 0 Å². The number of rotatable bonds is 2. The minimum absolute atomic E-state index is 0.267. The maximum absolute atomic E-state index is 13.7. The van der Waals surface area contributed by atoms with E-state index < -0.39 is 5.66 Å². The van der Waals surface area contributed by atoms with Crippen LogP contribution in [-0.4, -0.2) is 11.8 Å². The van der Waals surface area contributed by atoms with Gasteiger partial charge in [0.05, 0.1) is 0 Å². The third-order valence-electron chi connectivity index (χ3n) is 4.33. The summed E-state index contributed by atoms with van der Waals surface area (Å²) in [5, 5.41) is 2.91. The van der Waals surface area contributed by atoms with Gasteiger partial charge < -0.3 is 10.1 Å².